The first kappa shape index (κ1) is 17.2. The van der Waals surface area contributed by atoms with E-state index in [1.165, 1.54) is 0 Å². The summed E-state index contributed by atoms with van der Waals surface area (Å²) in [7, 11) is 3.14. The van der Waals surface area contributed by atoms with E-state index in [9.17, 15) is 0 Å². The summed E-state index contributed by atoms with van der Waals surface area (Å²) in [5.74, 6) is 1.88. The van der Waals surface area contributed by atoms with E-state index in [0.29, 0.717) is 40.6 Å². The molecule has 0 saturated carbocycles. The molecular formula is C18H18BrN4O2+. The molecule has 2 aromatic carbocycles. The van der Waals surface area contributed by atoms with Crippen molar-refractivity contribution in [3.05, 3.63) is 52.6 Å². The SMILES string of the molecule is COc1cc2ncc(N)[n+](C(=N)Cc3ccc(Br)cc3)c2cc1OC. The molecule has 0 aliphatic rings. The van der Waals surface area contributed by atoms with E-state index >= 15 is 0 Å². The fourth-order valence-corrected chi connectivity index (χ4v) is 2.91. The van der Waals surface area contributed by atoms with Crippen LogP contribution in [0.2, 0.25) is 0 Å². The van der Waals surface area contributed by atoms with Gasteiger partial charge < -0.3 is 15.2 Å². The monoisotopic (exact) mass is 401 g/mol. The number of nitrogens with zero attached hydrogens (tertiary/aromatic N) is 2. The van der Waals surface area contributed by atoms with Crippen molar-refractivity contribution in [3.8, 4) is 11.5 Å². The molecule has 25 heavy (non-hydrogen) atoms. The van der Waals surface area contributed by atoms with Gasteiger partial charge in [-0.2, -0.15) is 9.98 Å². The summed E-state index contributed by atoms with van der Waals surface area (Å²) in [5.41, 5.74) is 8.49. The number of anilines is 1. The largest absolute Gasteiger partial charge is 0.493 e. The topological polar surface area (TPSA) is 85.1 Å². The number of fused-ring (bicyclic) bond motifs is 1. The molecule has 0 saturated heterocycles. The maximum Gasteiger partial charge on any atom is 0.242 e. The lowest BCUT2D eigenvalue weighted by Gasteiger charge is -2.12. The highest BCUT2D eigenvalue weighted by atomic mass is 79.9. The van der Waals surface area contributed by atoms with Crippen molar-refractivity contribution in [1.29, 1.82) is 5.41 Å². The summed E-state index contributed by atoms with van der Waals surface area (Å²) < 4.78 is 13.4. The normalized spacial score (nSPS) is 10.7. The quantitative estimate of drug-likeness (QED) is 0.399. The molecule has 1 heterocycles. The Morgan fingerprint density at radius 1 is 1.16 bits per heavy atom. The Morgan fingerprint density at radius 3 is 2.44 bits per heavy atom. The summed E-state index contributed by atoms with van der Waals surface area (Å²) in [6.45, 7) is 0. The van der Waals surface area contributed by atoms with Gasteiger partial charge in [0.2, 0.25) is 11.7 Å². The van der Waals surface area contributed by atoms with Gasteiger partial charge in [-0.05, 0) is 17.7 Å². The first-order valence-electron chi connectivity index (χ1n) is 7.58. The highest BCUT2D eigenvalue weighted by Crippen LogP contribution is 2.30. The molecule has 128 valence electrons. The number of benzene rings is 2. The predicted molar refractivity (Wildman–Crippen MR) is 100 cm³/mol. The lowest BCUT2D eigenvalue weighted by atomic mass is 10.1. The third-order valence-corrected chi connectivity index (χ3v) is 4.40. The van der Waals surface area contributed by atoms with E-state index in [-0.39, 0.29) is 0 Å². The van der Waals surface area contributed by atoms with E-state index in [1.54, 1.807) is 37.1 Å². The Balaban J connectivity index is 2.08. The number of ether oxygens (including phenoxy) is 2. The van der Waals surface area contributed by atoms with E-state index < -0.39 is 0 Å². The summed E-state index contributed by atoms with van der Waals surface area (Å²) in [4.78, 5) is 4.34. The van der Waals surface area contributed by atoms with Crippen LogP contribution in [0.25, 0.3) is 11.0 Å². The third kappa shape index (κ3) is 3.41. The second kappa shape index (κ2) is 7.06. The van der Waals surface area contributed by atoms with Crippen LogP contribution in [-0.2, 0) is 6.42 Å². The van der Waals surface area contributed by atoms with Crippen molar-refractivity contribution in [3.63, 3.8) is 0 Å². The van der Waals surface area contributed by atoms with E-state index in [4.69, 9.17) is 20.6 Å². The lowest BCUT2D eigenvalue weighted by Crippen LogP contribution is -2.47. The Hall–Kier alpha value is -2.67. The Labute approximate surface area is 153 Å². The van der Waals surface area contributed by atoms with E-state index in [1.807, 2.05) is 24.3 Å². The maximum absolute atomic E-state index is 8.54. The fourth-order valence-electron chi connectivity index (χ4n) is 2.65. The van der Waals surface area contributed by atoms with Gasteiger partial charge in [0.25, 0.3) is 0 Å². The summed E-state index contributed by atoms with van der Waals surface area (Å²) in [5, 5.41) is 8.54. The Morgan fingerprint density at radius 2 is 1.80 bits per heavy atom. The van der Waals surface area contributed by atoms with Gasteiger partial charge >= 0.3 is 0 Å². The molecular weight excluding hydrogens is 384 g/mol. The highest BCUT2D eigenvalue weighted by molar-refractivity contribution is 9.10. The van der Waals surface area contributed by atoms with Gasteiger partial charge in [-0.3, -0.25) is 0 Å². The molecule has 0 aliphatic carbocycles. The highest BCUT2D eigenvalue weighted by Gasteiger charge is 2.19. The van der Waals surface area contributed by atoms with Gasteiger partial charge in [0, 0.05) is 16.6 Å². The molecule has 1 aromatic heterocycles. The zero-order valence-electron chi connectivity index (χ0n) is 13.9. The molecule has 0 spiro atoms. The van der Waals surface area contributed by atoms with E-state index in [0.717, 1.165) is 10.0 Å². The number of nitrogens with two attached hydrogens (primary N) is 1. The molecule has 7 heteroatoms. The molecule has 0 atom stereocenters. The van der Waals surface area contributed by atoms with Crippen LogP contribution in [0.1, 0.15) is 5.56 Å². The van der Waals surface area contributed by atoms with Crippen molar-refractivity contribution in [2.75, 3.05) is 20.0 Å². The van der Waals surface area contributed by atoms with Crippen molar-refractivity contribution >= 4 is 38.6 Å². The molecule has 0 amide bonds. The van der Waals surface area contributed by atoms with Crippen molar-refractivity contribution < 1.29 is 14.0 Å². The second-order valence-corrected chi connectivity index (χ2v) is 6.38. The summed E-state index contributed by atoms with van der Waals surface area (Å²) in [6.07, 6.45) is 1.99. The number of aromatic nitrogens is 2. The lowest BCUT2D eigenvalue weighted by molar-refractivity contribution is -0.513. The third-order valence-electron chi connectivity index (χ3n) is 3.87. The number of hydrogen-bond acceptors (Lipinski definition) is 5. The van der Waals surface area contributed by atoms with Crippen LogP contribution in [0.3, 0.4) is 0 Å². The molecule has 3 N–H and O–H groups in total. The van der Waals surface area contributed by atoms with E-state index in [2.05, 4.69) is 20.9 Å². The van der Waals surface area contributed by atoms with Crippen LogP contribution in [0.15, 0.2) is 47.1 Å². The number of nitrogen functional groups attached to an aromatic ring is 1. The summed E-state index contributed by atoms with van der Waals surface area (Å²) >= 11 is 3.42. The van der Waals surface area contributed by atoms with Crippen LogP contribution < -0.4 is 19.8 Å². The minimum absolute atomic E-state index is 0.347. The molecule has 6 nitrogen and oxygen atoms in total. The van der Waals surface area contributed by atoms with Crippen molar-refractivity contribution in [2.45, 2.75) is 6.42 Å². The van der Waals surface area contributed by atoms with Crippen LogP contribution >= 0.6 is 15.9 Å². The zero-order chi connectivity index (χ0) is 18.0. The first-order valence-corrected chi connectivity index (χ1v) is 8.37. The minimum Gasteiger partial charge on any atom is -0.493 e. The minimum atomic E-state index is 0.347. The van der Waals surface area contributed by atoms with Gasteiger partial charge in [-0.1, -0.05) is 28.1 Å². The first-order chi connectivity index (χ1) is 12.0. The number of methoxy groups -OCH3 is 2. The van der Waals surface area contributed by atoms with Crippen LogP contribution in [0.5, 0.6) is 11.5 Å². The van der Waals surface area contributed by atoms with Crippen LogP contribution in [0.4, 0.5) is 5.82 Å². The number of hydrogen-bond donors (Lipinski definition) is 2. The average molecular weight is 402 g/mol. The molecule has 0 aliphatic heterocycles. The standard InChI is InChI=1S/C18H17BrN4O2/c1-24-15-8-13-14(9-16(15)25-2)23(18(21)10-22-13)17(20)7-11-3-5-12(19)6-4-11/h3-6,8-10,20-21H,7H2,1-2H3/p+1. The zero-order valence-corrected chi connectivity index (χ0v) is 15.5. The van der Waals surface area contributed by atoms with Crippen molar-refractivity contribution in [1.82, 2.24) is 4.98 Å². The van der Waals surface area contributed by atoms with Gasteiger partial charge in [-0.25, -0.2) is 4.98 Å². The number of halogens is 1. The Kier molecular flexibility index (Phi) is 4.85. The van der Waals surface area contributed by atoms with Crippen LogP contribution in [0, 0.1) is 5.41 Å². The smallest absolute Gasteiger partial charge is 0.242 e. The molecule has 3 aromatic rings. The number of nitrogens with one attached hydrogen (secondary N) is 1. The summed E-state index contributed by atoms with van der Waals surface area (Å²) in [6, 6.07) is 11.4. The van der Waals surface area contributed by atoms with Crippen LogP contribution in [-0.4, -0.2) is 25.0 Å². The van der Waals surface area contributed by atoms with Gasteiger partial charge in [0.15, 0.2) is 11.5 Å². The average Bonchev–Trinajstić information content (AvgIpc) is 2.62. The molecule has 0 unspecified atom stereocenters. The Bertz CT molecular complexity index is 942. The van der Waals surface area contributed by atoms with Gasteiger partial charge in [0.1, 0.15) is 17.2 Å². The predicted octanol–water partition coefficient (Wildman–Crippen LogP) is 2.95. The van der Waals surface area contributed by atoms with Gasteiger partial charge in [-0.15, -0.1) is 0 Å². The second-order valence-electron chi connectivity index (χ2n) is 5.46. The van der Waals surface area contributed by atoms with Gasteiger partial charge in [0.05, 0.1) is 20.6 Å². The molecule has 0 radical (unpaired) electrons. The fraction of sp³-hybridized carbons (Fsp3) is 0.167. The number of rotatable bonds is 4. The molecule has 3 rings (SSSR count). The maximum atomic E-state index is 8.54. The van der Waals surface area contributed by atoms with Crippen molar-refractivity contribution in [2.24, 2.45) is 0 Å². The molecule has 0 bridgehead atoms. The molecule has 0 fully saturated rings.